The summed E-state index contributed by atoms with van der Waals surface area (Å²) < 4.78 is 5.17. The molecule has 0 heterocycles. The van der Waals surface area contributed by atoms with Crippen molar-refractivity contribution in [1.29, 1.82) is 0 Å². The van der Waals surface area contributed by atoms with Gasteiger partial charge in [-0.2, -0.15) is 0 Å². The van der Waals surface area contributed by atoms with Gasteiger partial charge in [0.15, 0.2) is 0 Å². The molecule has 1 atom stereocenters. The smallest absolute Gasteiger partial charge is 0.272 e. The summed E-state index contributed by atoms with van der Waals surface area (Å²) in [6.07, 6.45) is 1.68. The molecule has 1 unspecified atom stereocenters. The maximum Gasteiger partial charge on any atom is 0.272 e. The average molecular weight is 280 g/mol. The van der Waals surface area contributed by atoms with Crippen LogP contribution in [0.15, 0.2) is 18.2 Å². The van der Waals surface area contributed by atoms with Gasteiger partial charge in [0.25, 0.3) is 5.69 Å². The van der Waals surface area contributed by atoms with Crippen LogP contribution in [0.4, 0.5) is 5.69 Å². The van der Waals surface area contributed by atoms with Crippen LogP contribution in [0.2, 0.25) is 0 Å². The summed E-state index contributed by atoms with van der Waals surface area (Å²) in [6.45, 7) is 7.28. The second-order valence-electron chi connectivity index (χ2n) is 5.26. The van der Waals surface area contributed by atoms with Crippen molar-refractivity contribution in [2.45, 2.75) is 39.7 Å². The van der Waals surface area contributed by atoms with E-state index in [4.69, 9.17) is 4.74 Å². The zero-order valence-corrected chi connectivity index (χ0v) is 12.7. The van der Waals surface area contributed by atoms with Gasteiger partial charge in [-0.05, 0) is 37.4 Å². The molecule has 0 aromatic heterocycles. The number of benzene rings is 1. The van der Waals surface area contributed by atoms with Crippen molar-refractivity contribution in [1.82, 2.24) is 5.32 Å². The fraction of sp³-hybridized carbons (Fsp3) is 0.600. The first-order valence-corrected chi connectivity index (χ1v) is 7.04. The van der Waals surface area contributed by atoms with Gasteiger partial charge in [-0.1, -0.05) is 20.8 Å². The Kier molecular flexibility index (Phi) is 6.45. The lowest BCUT2D eigenvalue weighted by Crippen LogP contribution is -2.36. The highest BCUT2D eigenvalue weighted by molar-refractivity contribution is 5.45. The van der Waals surface area contributed by atoms with Crippen molar-refractivity contribution in [3.8, 4) is 5.75 Å². The molecule has 0 aliphatic carbocycles. The fourth-order valence-corrected chi connectivity index (χ4v) is 2.14. The van der Waals surface area contributed by atoms with E-state index in [1.165, 1.54) is 6.07 Å². The number of methoxy groups -OCH3 is 1. The van der Waals surface area contributed by atoms with Gasteiger partial charge >= 0.3 is 0 Å². The predicted molar refractivity (Wildman–Crippen MR) is 80.3 cm³/mol. The van der Waals surface area contributed by atoms with Gasteiger partial charge in [0.05, 0.1) is 12.0 Å². The quantitative estimate of drug-likeness (QED) is 0.587. The highest BCUT2D eigenvalue weighted by Crippen LogP contribution is 2.26. The van der Waals surface area contributed by atoms with Crippen molar-refractivity contribution < 1.29 is 9.66 Å². The molecule has 1 N–H and O–H groups in total. The third-order valence-electron chi connectivity index (χ3n) is 3.38. The lowest BCUT2D eigenvalue weighted by Gasteiger charge is -2.22. The van der Waals surface area contributed by atoms with Gasteiger partial charge in [-0.15, -0.1) is 0 Å². The molecule has 1 aromatic carbocycles. The molecule has 0 radical (unpaired) electrons. The Morgan fingerprint density at radius 1 is 1.40 bits per heavy atom. The Balaban J connectivity index is 2.99. The normalized spacial score (nSPS) is 12.4. The Morgan fingerprint density at radius 2 is 2.10 bits per heavy atom. The van der Waals surface area contributed by atoms with Gasteiger partial charge in [0.2, 0.25) is 0 Å². The minimum Gasteiger partial charge on any atom is -0.497 e. The van der Waals surface area contributed by atoms with Crippen LogP contribution < -0.4 is 10.1 Å². The van der Waals surface area contributed by atoms with E-state index in [1.807, 2.05) is 0 Å². The number of nitro benzene ring substituents is 1. The van der Waals surface area contributed by atoms with E-state index < -0.39 is 0 Å². The summed E-state index contributed by atoms with van der Waals surface area (Å²) in [4.78, 5) is 10.8. The third-order valence-corrected chi connectivity index (χ3v) is 3.38. The molecule has 1 rings (SSSR count). The molecule has 0 bridgehead atoms. The van der Waals surface area contributed by atoms with Crippen LogP contribution in [0.1, 0.15) is 32.8 Å². The highest BCUT2D eigenvalue weighted by Gasteiger charge is 2.20. The van der Waals surface area contributed by atoms with Crippen LogP contribution in [0.25, 0.3) is 0 Å². The maximum absolute atomic E-state index is 11.1. The summed E-state index contributed by atoms with van der Waals surface area (Å²) in [6, 6.07) is 5.14. The molecular weight excluding hydrogens is 256 g/mol. The minimum absolute atomic E-state index is 0.162. The van der Waals surface area contributed by atoms with Crippen LogP contribution in [0.5, 0.6) is 5.75 Å². The average Bonchev–Trinajstić information content (AvgIpc) is 2.42. The number of ether oxygens (including phenoxy) is 1. The summed E-state index contributed by atoms with van der Waals surface area (Å²) in [7, 11) is 1.57. The topological polar surface area (TPSA) is 64.4 Å². The van der Waals surface area contributed by atoms with E-state index in [9.17, 15) is 10.1 Å². The molecule has 5 nitrogen and oxygen atoms in total. The third kappa shape index (κ3) is 4.49. The fourth-order valence-electron chi connectivity index (χ4n) is 2.14. The van der Waals surface area contributed by atoms with Crippen LogP contribution in [0.3, 0.4) is 0 Å². The first-order chi connectivity index (χ1) is 9.49. The Morgan fingerprint density at radius 3 is 2.60 bits per heavy atom. The molecule has 112 valence electrons. The van der Waals surface area contributed by atoms with Crippen molar-refractivity contribution in [3.63, 3.8) is 0 Å². The SMILES string of the molecule is CCCNC(Cc1cc(OC)ccc1[N+](=O)[O-])C(C)C. The monoisotopic (exact) mass is 280 g/mol. The zero-order valence-electron chi connectivity index (χ0n) is 12.7. The number of nitro groups is 1. The van der Waals surface area contributed by atoms with Crippen LogP contribution in [-0.4, -0.2) is 24.6 Å². The summed E-state index contributed by atoms with van der Waals surface area (Å²) in [5.74, 6) is 1.07. The highest BCUT2D eigenvalue weighted by atomic mass is 16.6. The first kappa shape index (κ1) is 16.4. The van der Waals surface area contributed by atoms with Crippen LogP contribution in [0, 0.1) is 16.0 Å². The number of hydrogen-bond donors (Lipinski definition) is 1. The van der Waals surface area contributed by atoms with Crippen molar-refractivity contribution in [2.75, 3.05) is 13.7 Å². The van der Waals surface area contributed by atoms with Gasteiger partial charge in [0, 0.05) is 17.7 Å². The first-order valence-electron chi connectivity index (χ1n) is 7.04. The molecule has 20 heavy (non-hydrogen) atoms. The maximum atomic E-state index is 11.1. The number of nitrogens with zero attached hydrogens (tertiary/aromatic N) is 1. The summed E-state index contributed by atoms with van der Waals surface area (Å²) >= 11 is 0. The number of hydrogen-bond acceptors (Lipinski definition) is 4. The number of rotatable bonds is 8. The molecular formula is C15H24N2O3. The largest absolute Gasteiger partial charge is 0.497 e. The van der Waals surface area contributed by atoms with E-state index in [0.717, 1.165) is 18.5 Å². The molecule has 0 aliphatic heterocycles. The second-order valence-corrected chi connectivity index (χ2v) is 5.26. The molecule has 5 heteroatoms. The molecule has 0 amide bonds. The summed E-state index contributed by atoms with van der Waals surface area (Å²) in [5.41, 5.74) is 0.881. The van der Waals surface area contributed by atoms with Crippen molar-refractivity contribution in [2.24, 2.45) is 5.92 Å². The van der Waals surface area contributed by atoms with E-state index in [1.54, 1.807) is 19.2 Å². The van der Waals surface area contributed by atoms with Gasteiger partial charge in [0.1, 0.15) is 5.75 Å². The van der Waals surface area contributed by atoms with E-state index in [0.29, 0.717) is 18.1 Å². The molecule has 0 aliphatic rings. The predicted octanol–water partition coefficient (Wildman–Crippen LogP) is 3.17. The van der Waals surface area contributed by atoms with Crippen LogP contribution >= 0.6 is 0 Å². The van der Waals surface area contributed by atoms with E-state index in [-0.39, 0.29) is 16.7 Å². The molecule has 1 aromatic rings. The standard InChI is InChI=1S/C15H24N2O3/c1-5-8-16-14(11(2)3)10-12-9-13(20-4)6-7-15(12)17(18)19/h6-7,9,11,14,16H,5,8,10H2,1-4H3. The van der Waals surface area contributed by atoms with Gasteiger partial charge < -0.3 is 10.1 Å². The Bertz CT molecular complexity index is 447. The number of nitrogens with one attached hydrogen (secondary N) is 1. The molecule has 0 fully saturated rings. The molecule has 0 saturated heterocycles. The Labute approximate surface area is 120 Å². The molecule has 0 spiro atoms. The Hall–Kier alpha value is -1.62. The summed E-state index contributed by atoms with van der Waals surface area (Å²) in [5, 5.41) is 14.6. The zero-order chi connectivity index (χ0) is 15.1. The van der Waals surface area contributed by atoms with Gasteiger partial charge in [-0.3, -0.25) is 10.1 Å². The van der Waals surface area contributed by atoms with Crippen LogP contribution in [-0.2, 0) is 6.42 Å². The molecule has 0 saturated carbocycles. The lowest BCUT2D eigenvalue weighted by molar-refractivity contribution is -0.385. The minimum atomic E-state index is -0.327. The van der Waals surface area contributed by atoms with E-state index in [2.05, 4.69) is 26.1 Å². The van der Waals surface area contributed by atoms with Gasteiger partial charge in [-0.25, -0.2) is 0 Å². The van der Waals surface area contributed by atoms with Crippen molar-refractivity contribution >= 4 is 5.69 Å². The lowest BCUT2D eigenvalue weighted by atomic mass is 9.95. The second kappa shape index (κ2) is 7.85. The van der Waals surface area contributed by atoms with E-state index >= 15 is 0 Å². The van der Waals surface area contributed by atoms with Crippen molar-refractivity contribution in [3.05, 3.63) is 33.9 Å².